The molecule has 4 aliphatic rings. The van der Waals surface area contributed by atoms with Crippen molar-refractivity contribution in [1.29, 1.82) is 0 Å². The number of rotatable bonds is 4. The van der Waals surface area contributed by atoms with Gasteiger partial charge in [0.05, 0.1) is 12.3 Å². The summed E-state index contributed by atoms with van der Waals surface area (Å²) in [6, 6.07) is 6.48. The normalized spacial score (nSPS) is 35.0. The Labute approximate surface area is 178 Å². The molecule has 0 spiro atoms. The van der Waals surface area contributed by atoms with Crippen LogP contribution in [0.1, 0.15) is 25.2 Å². The number of nitrogens with zero attached hydrogens (tertiary/aromatic N) is 1. The Bertz CT molecular complexity index is 938. The SMILES string of the molecule is CC1(c2cccc(C3(C)CNC(C4=C=CC=C4)NC3)n2)CNC(C2=C=CC=C2)NC1. The summed E-state index contributed by atoms with van der Waals surface area (Å²) in [5, 5.41) is 14.5. The Morgan fingerprint density at radius 1 is 0.767 bits per heavy atom. The van der Waals surface area contributed by atoms with Gasteiger partial charge in [-0.1, -0.05) is 32.1 Å². The van der Waals surface area contributed by atoms with Crippen molar-refractivity contribution in [2.24, 2.45) is 0 Å². The molecule has 0 aromatic carbocycles. The zero-order valence-electron chi connectivity index (χ0n) is 17.6. The van der Waals surface area contributed by atoms with E-state index in [4.69, 9.17) is 4.98 Å². The predicted octanol–water partition coefficient (Wildman–Crippen LogP) is 1.94. The molecule has 1 aromatic heterocycles. The van der Waals surface area contributed by atoms with Crippen LogP contribution in [0.4, 0.5) is 0 Å². The lowest BCUT2D eigenvalue weighted by Gasteiger charge is -2.41. The van der Waals surface area contributed by atoms with Crippen LogP contribution < -0.4 is 21.3 Å². The van der Waals surface area contributed by atoms with Crippen molar-refractivity contribution in [3.63, 3.8) is 0 Å². The van der Waals surface area contributed by atoms with E-state index in [0.29, 0.717) is 0 Å². The number of allylic oxidation sites excluding steroid dienone is 2. The van der Waals surface area contributed by atoms with Gasteiger partial charge in [-0.3, -0.25) is 26.3 Å². The molecule has 5 heteroatoms. The van der Waals surface area contributed by atoms with Crippen molar-refractivity contribution in [3.05, 3.63) is 88.7 Å². The second-order valence-electron chi connectivity index (χ2n) is 9.17. The minimum absolute atomic E-state index is 0.0578. The van der Waals surface area contributed by atoms with Crippen LogP contribution in [0.25, 0.3) is 0 Å². The van der Waals surface area contributed by atoms with Crippen LogP contribution >= 0.6 is 0 Å². The van der Waals surface area contributed by atoms with E-state index in [1.165, 1.54) is 11.1 Å². The van der Waals surface area contributed by atoms with Gasteiger partial charge in [-0.2, -0.15) is 0 Å². The van der Waals surface area contributed by atoms with Gasteiger partial charge in [-0.05, 0) is 36.4 Å². The molecule has 30 heavy (non-hydrogen) atoms. The molecule has 4 N–H and O–H groups in total. The zero-order chi connectivity index (χ0) is 20.6. The third-order valence-corrected chi connectivity index (χ3v) is 6.64. The van der Waals surface area contributed by atoms with Gasteiger partial charge < -0.3 is 0 Å². The number of aromatic nitrogens is 1. The first kappa shape index (κ1) is 19.5. The molecule has 2 saturated heterocycles. The smallest absolute Gasteiger partial charge is 0.0909 e. The molecule has 2 aliphatic heterocycles. The van der Waals surface area contributed by atoms with Gasteiger partial charge in [0, 0.05) is 59.5 Å². The van der Waals surface area contributed by atoms with Crippen LogP contribution in [0.2, 0.25) is 0 Å². The first-order valence-corrected chi connectivity index (χ1v) is 10.7. The van der Waals surface area contributed by atoms with Crippen LogP contribution in [0.5, 0.6) is 0 Å². The van der Waals surface area contributed by atoms with Gasteiger partial charge in [0.25, 0.3) is 0 Å². The lowest BCUT2D eigenvalue weighted by atomic mass is 9.81. The molecule has 0 saturated carbocycles. The van der Waals surface area contributed by atoms with Crippen LogP contribution in [0.3, 0.4) is 0 Å². The molecule has 1 aromatic rings. The minimum atomic E-state index is -0.0578. The lowest BCUT2D eigenvalue weighted by molar-refractivity contribution is 0.277. The fourth-order valence-electron chi connectivity index (χ4n) is 4.54. The van der Waals surface area contributed by atoms with Crippen LogP contribution in [0.15, 0.2) is 77.3 Å². The molecule has 0 atom stereocenters. The second kappa shape index (κ2) is 7.64. The molecular formula is C25H29N5. The molecule has 0 bridgehead atoms. The molecule has 2 fully saturated rings. The van der Waals surface area contributed by atoms with Crippen molar-refractivity contribution < 1.29 is 0 Å². The molecule has 5 rings (SSSR count). The zero-order valence-corrected chi connectivity index (χ0v) is 17.6. The summed E-state index contributed by atoms with van der Waals surface area (Å²) in [6.45, 7) is 8.07. The molecule has 0 amide bonds. The lowest BCUT2D eigenvalue weighted by Crippen LogP contribution is -2.60. The van der Waals surface area contributed by atoms with Gasteiger partial charge in [-0.15, -0.1) is 11.5 Å². The molecule has 5 nitrogen and oxygen atoms in total. The number of pyridine rings is 1. The van der Waals surface area contributed by atoms with Crippen molar-refractivity contribution in [2.75, 3.05) is 26.2 Å². The number of nitrogens with one attached hydrogen (secondary N) is 4. The Kier molecular flexibility index (Phi) is 4.96. The minimum Gasteiger partial charge on any atom is -0.297 e. The van der Waals surface area contributed by atoms with E-state index in [9.17, 15) is 0 Å². The van der Waals surface area contributed by atoms with E-state index in [0.717, 1.165) is 37.6 Å². The predicted molar refractivity (Wildman–Crippen MR) is 120 cm³/mol. The number of hydrogen-bond donors (Lipinski definition) is 4. The van der Waals surface area contributed by atoms with E-state index in [-0.39, 0.29) is 23.2 Å². The maximum absolute atomic E-state index is 5.16. The quantitative estimate of drug-likeness (QED) is 0.583. The summed E-state index contributed by atoms with van der Waals surface area (Å²) in [5.74, 6) is 0. The van der Waals surface area contributed by atoms with Crippen molar-refractivity contribution in [2.45, 2.75) is 37.0 Å². The third kappa shape index (κ3) is 3.57. The summed E-state index contributed by atoms with van der Waals surface area (Å²) in [6.07, 6.45) is 12.5. The maximum atomic E-state index is 5.16. The summed E-state index contributed by atoms with van der Waals surface area (Å²) < 4.78 is 0. The van der Waals surface area contributed by atoms with Crippen molar-refractivity contribution >= 4 is 0 Å². The second-order valence-corrected chi connectivity index (χ2v) is 9.17. The van der Waals surface area contributed by atoms with E-state index in [1.807, 2.05) is 24.3 Å². The summed E-state index contributed by atoms with van der Waals surface area (Å²) in [5.41, 5.74) is 11.1. The summed E-state index contributed by atoms with van der Waals surface area (Å²) in [7, 11) is 0. The van der Waals surface area contributed by atoms with Crippen molar-refractivity contribution in [1.82, 2.24) is 26.3 Å². The van der Waals surface area contributed by atoms with Crippen molar-refractivity contribution in [3.8, 4) is 0 Å². The Balaban J connectivity index is 1.29. The standard InChI is InChI=1S/C25H29N5/c1-24(14-26-22(27-15-24)18-8-3-4-9-18)20-12-7-13-21(30-20)25(2)16-28-23(29-17-25)19-10-5-6-11-19/h3-8,10,12-13,22-23,26-29H,14-17H2,1-2H3. The van der Waals surface area contributed by atoms with Gasteiger partial charge in [0.1, 0.15) is 0 Å². The largest absolute Gasteiger partial charge is 0.297 e. The van der Waals surface area contributed by atoms with Gasteiger partial charge in [0.2, 0.25) is 0 Å². The first-order valence-electron chi connectivity index (χ1n) is 10.7. The van der Waals surface area contributed by atoms with E-state index < -0.39 is 0 Å². The summed E-state index contributed by atoms with van der Waals surface area (Å²) >= 11 is 0. The highest BCUT2D eigenvalue weighted by atomic mass is 15.2. The first-order chi connectivity index (χ1) is 14.6. The average Bonchev–Trinajstić information content (AvgIpc) is 3.50. The van der Waals surface area contributed by atoms with Crippen LogP contribution in [-0.4, -0.2) is 43.5 Å². The molecule has 154 valence electrons. The van der Waals surface area contributed by atoms with E-state index >= 15 is 0 Å². The summed E-state index contributed by atoms with van der Waals surface area (Å²) in [4.78, 5) is 5.16. The molecule has 2 aliphatic carbocycles. The Morgan fingerprint density at radius 2 is 1.20 bits per heavy atom. The highest BCUT2D eigenvalue weighted by Crippen LogP contribution is 2.29. The number of hydrogen-bond acceptors (Lipinski definition) is 5. The maximum Gasteiger partial charge on any atom is 0.0909 e. The third-order valence-electron chi connectivity index (χ3n) is 6.64. The highest BCUT2D eigenvalue weighted by Gasteiger charge is 2.38. The Hall–Kier alpha value is -2.49. The topological polar surface area (TPSA) is 61.0 Å². The van der Waals surface area contributed by atoms with Gasteiger partial charge >= 0.3 is 0 Å². The van der Waals surface area contributed by atoms with E-state index in [1.54, 1.807) is 0 Å². The monoisotopic (exact) mass is 399 g/mol. The van der Waals surface area contributed by atoms with Crippen LogP contribution in [-0.2, 0) is 10.8 Å². The van der Waals surface area contributed by atoms with Gasteiger partial charge in [-0.25, -0.2) is 0 Å². The van der Waals surface area contributed by atoms with E-state index in [2.05, 4.69) is 76.9 Å². The molecule has 0 radical (unpaired) electrons. The average molecular weight is 400 g/mol. The highest BCUT2D eigenvalue weighted by molar-refractivity contribution is 5.36. The fourth-order valence-corrected chi connectivity index (χ4v) is 4.54. The van der Waals surface area contributed by atoms with Gasteiger partial charge in [0.15, 0.2) is 0 Å². The molecule has 3 heterocycles. The Morgan fingerprint density at radius 3 is 1.57 bits per heavy atom. The molecule has 0 unspecified atom stereocenters. The van der Waals surface area contributed by atoms with Crippen LogP contribution in [0, 0.1) is 0 Å². The fraction of sp³-hybridized carbons (Fsp3) is 0.400. The molecular weight excluding hydrogens is 370 g/mol.